The van der Waals surface area contributed by atoms with E-state index in [2.05, 4.69) is 4.98 Å². The Hall–Kier alpha value is -1.58. The molecule has 0 unspecified atom stereocenters. The Morgan fingerprint density at radius 2 is 2.18 bits per heavy atom. The van der Waals surface area contributed by atoms with Crippen LogP contribution in [0.4, 0.5) is 5.82 Å². The zero-order valence-corrected chi connectivity index (χ0v) is 10.9. The molecule has 94 valence electrons. The van der Waals surface area contributed by atoms with Crippen molar-refractivity contribution in [2.75, 3.05) is 18.6 Å². The maximum atomic E-state index is 11.5. The predicted molar refractivity (Wildman–Crippen MR) is 68.0 cm³/mol. The minimum atomic E-state index is -0.319. The van der Waals surface area contributed by atoms with Gasteiger partial charge in [0.2, 0.25) is 0 Å². The van der Waals surface area contributed by atoms with Gasteiger partial charge in [-0.05, 0) is 32.9 Å². The molecule has 0 saturated heterocycles. The van der Waals surface area contributed by atoms with Crippen molar-refractivity contribution in [2.24, 2.45) is 0 Å². The number of hydrogen-bond donors (Lipinski definition) is 0. The summed E-state index contributed by atoms with van der Waals surface area (Å²) in [7, 11) is 1.93. The van der Waals surface area contributed by atoms with E-state index in [4.69, 9.17) is 4.74 Å². The van der Waals surface area contributed by atoms with E-state index in [1.54, 1.807) is 6.20 Å². The summed E-state index contributed by atoms with van der Waals surface area (Å²) in [6, 6.07) is 5.72. The smallest absolute Gasteiger partial charge is 0.308 e. The molecule has 0 spiro atoms. The third-order valence-corrected chi connectivity index (χ3v) is 2.78. The Kier molecular flexibility index (Phi) is 4.49. The standard InChI is InChI=1S/C13H20N2O2/c1-5-17-12(16)10-13(2,3)15(4)11-8-6-7-9-14-11/h6-9H,5,10H2,1-4H3. The Labute approximate surface area is 103 Å². The fourth-order valence-corrected chi connectivity index (χ4v) is 1.55. The highest BCUT2D eigenvalue weighted by atomic mass is 16.5. The van der Waals surface area contributed by atoms with E-state index < -0.39 is 0 Å². The average Bonchev–Trinajstić information content (AvgIpc) is 2.28. The lowest BCUT2D eigenvalue weighted by Crippen LogP contribution is -2.43. The molecule has 4 heteroatoms. The molecule has 0 aromatic carbocycles. The number of nitrogens with zero attached hydrogens (tertiary/aromatic N) is 2. The van der Waals surface area contributed by atoms with Crippen LogP contribution in [0, 0.1) is 0 Å². The second-order valence-electron chi connectivity index (χ2n) is 4.54. The number of rotatable bonds is 5. The maximum absolute atomic E-state index is 11.5. The number of anilines is 1. The summed E-state index contributed by atoms with van der Waals surface area (Å²) < 4.78 is 4.98. The van der Waals surface area contributed by atoms with Crippen LogP contribution in [0.25, 0.3) is 0 Å². The average molecular weight is 236 g/mol. The van der Waals surface area contributed by atoms with Crippen molar-refractivity contribution in [1.29, 1.82) is 0 Å². The lowest BCUT2D eigenvalue weighted by molar-refractivity contribution is -0.144. The summed E-state index contributed by atoms with van der Waals surface area (Å²) in [4.78, 5) is 17.8. The number of hydrogen-bond acceptors (Lipinski definition) is 4. The van der Waals surface area contributed by atoms with E-state index >= 15 is 0 Å². The lowest BCUT2D eigenvalue weighted by atomic mass is 9.99. The Morgan fingerprint density at radius 3 is 2.71 bits per heavy atom. The van der Waals surface area contributed by atoms with Crippen molar-refractivity contribution >= 4 is 11.8 Å². The molecule has 1 aromatic rings. The van der Waals surface area contributed by atoms with E-state index in [-0.39, 0.29) is 11.5 Å². The van der Waals surface area contributed by atoms with Gasteiger partial charge in [0.05, 0.1) is 13.0 Å². The molecule has 4 nitrogen and oxygen atoms in total. The van der Waals surface area contributed by atoms with Gasteiger partial charge in [-0.15, -0.1) is 0 Å². The summed E-state index contributed by atoms with van der Waals surface area (Å²) in [6.07, 6.45) is 2.08. The third kappa shape index (κ3) is 3.73. The zero-order valence-electron chi connectivity index (χ0n) is 10.9. The van der Waals surface area contributed by atoms with Gasteiger partial charge in [-0.25, -0.2) is 4.98 Å². The molecule has 0 radical (unpaired) electrons. The van der Waals surface area contributed by atoms with Gasteiger partial charge in [0.25, 0.3) is 0 Å². The van der Waals surface area contributed by atoms with Crippen molar-refractivity contribution in [1.82, 2.24) is 4.98 Å². The van der Waals surface area contributed by atoms with E-state index in [1.165, 1.54) is 0 Å². The van der Waals surface area contributed by atoms with Crippen molar-refractivity contribution in [3.05, 3.63) is 24.4 Å². The number of carbonyl (C=O) groups excluding carboxylic acids is 1. The number of esters is 1. The normalized spacial score (nSPS) is 11.1. The molecule has 0 aliphatic rings. The first-order chi connectivity index (χ1) is 7.97. The summed E-state index contributed by atoms with van der Waals surface area (Å²) in [5, 5.41) is 0. The first-order valence-electron chi connectivity index (χ1n) is 5.78. The van der Waals surface area contributed by atoms with Crippen LogP contribution in [0.5, 0.6) is 0 Å². The number of ether oxygens (including phenoxy) is 1. The molecule has 0 aliphatic carbocycles. The van der Waals surface area contributed by atoms with E-state index in [9.17, 15) is 4.79 Å². The van der Waals surface area contributed by atoms with Gasteiger partial charge in [0, 0.05) is 18.8 Å². The third-order valence-electron chi connectivity index (χ3n) is 2.78. The van der Waals surface area contributed by atoms with Crippen LogP contribution in [-0.4, -0.2) is 30.1 Å². The summed E-state index contributed by atoms with van der Waals surface area (Å²) in [6.45, 7) is 6.23. The van der Waals surface area contributed by atoms with Crippen LogP contribution in [0.2, 0.25) is 0 Å². The molecule has 0 saturated carbocycles. The first kappa shape index (κ1) is 13.5. The first-order valence-corrected chi connectivity index (χ1v) is 5.78. The van der Waals surface area contributed by atoms with Crippen molar-refractivity contribution in [2.45, 2.75) is 32.7 Å². The van der Waals surface area contributed by atoms with Gasteiger partial charge < -0.3 is 9.64 Å². The van der Waals surface area contributed by atoms with Crippen LogP contribution in [-0.2, 0) is 9.53 Å². The topological polar surface area (TPSA) is 42.4 Å². The Morgan fingerprint density at radius 1 is 1.47 bits per heavy atom. The lowest BCUT2D eigenvalue weighted by Gasteiger charge is -2.35. The number of carbonyl (C=O) groups is 1. The SMILES string of the molecule is CCOC(=O)CC(C)(C)N(C)c1ccccn1. The van der Waals surface area contributed by atoms with Crippen LogP contribution in [0.15, 0.2) is 24.4 Å². The second-order valence-corrected chi connectivity index (χ2v) is 4.54. The zero-order chi connectivity index (χ0) is 12.9. The minimum absolute atomic E-state index is 0.180. The van der Waals surface area contributed by atoms with E-state index in [0.29, 0.717) is 13.0 Å². The minimum Gasteiger partial charge on any atom is -0.466 e. The van der Waals surface area contributed by atoms with Crippen LogP contribution in [0.1, 0.15) is 27.2 Å². The Balaban J connectivity index is 2.73. The van der Waals surface area contributed by atoms with Gasteiger partial charge in [0.15, 0.2) is 0 Å². The Bertz CT molecular complexity index is 363. The molecule has 0 aliphatic heterocycles. The molecule has 17 heavy (non-hydrogen) atoms. The monoisotopic (exact) mass is 236 g/mol. The maximum Gasteiger partial charge on any atom is 0.308 e. The molecule has 0 amide bonds. The predicted octanol–water partition coefficient (Wildman–Crippen LogP) is 2.25. The summed E-state index contributed by atoms with van der Waals surface area (Å²) >= 11 is 0. The molecule has 0 N–H and O–H groups in total. The summed E-state index contributed by atoms with van der Waals surface area (Å²) in [5.74, 6) is 0.669. The molecule has 1 rings (SSSR count). The number of pyridine rings is 1. The highest BCUT2D eigenvalue weighted by molar-refractivity contribution is 5.71. The molecule has 0 fully saturated rings. The fourth-order valence-electron chi connectivity index (χ4n) is 1.55. The highest BCUT2D eigenvalue weighted by Crippen LogP contribution is 2.23. The van der Waals surface area contributed by atoms with Crippen LogP contribution < -0.4 is 4.90 Å². The van der Waals surface area contributed by atoms with Gasteiger partial charge in [-0.3, -0.25) is 4.79 Å². The van der Waals surface area contributed by atoms with Gasteiger partial charge >= 0.3 is 5.97 Å². The second kappa shape index (κ2) is 5.66. The fraction of sp³-hybridized carbons (Fsp3) is 0.538. The molecule has 1 heterocycles. The van der Waals surface area contributed by atoms with Gasteiger partial charge in [0.1, 0.15) is 5.82 Å². The van der Waals surface area contributed by atoms with Crippen molar-refractivity contribution < 1.29 is 9.53 Å². The van der Waals surface area contributed by atoms with Gasteiger partial charge in [-0.1, -0.05) is 6.07 Å². The largest absolute Gasteiger partial charge is 0.466 e. The van der Waals surface area contributed by atoms with E-state index in [1.807, 2.05) is 50.9 Å². The number of aromatic nitrogens is 1. The highest BCUT2D eigenvalue weighted by Gasteiger charge is 2.28. The molecular formula is C13H20N2O2. The van der Waals surface area contributed by atoms with E-state index in [0.717, 1.165) is 5.82 Å². The van der Waals surface area contributed by atoms with Gasteiger partial charge in [-0.2, -0.15) is 0 Å². The molecule has 1 aromatic heterocycles. The van der Waals surface area contributed by atoms with Crippen molar-refractivity contribution in [3.63, 3.8) is 0 Å². The van der Waals surface area contributed by atoms with Crippen LogP contribution >= 0.6 is 0 Å². The molecule has 0 bridgehead atoms. The van der Waals surface area contributed by atoms with Crippen LogP contribution in [0.3, 0.4) is 0 Å². The summed E-state index contributed by atoms with van der Waals surface area (Å²) in [5.41, 5.74) is -0.319. The quantitative estimate of drug-likeness (QED) is 0.735. The molecular weight excluding hydrogens is 216 g/mol. The molecule has 0 atom stereocenters. The van der Waals surface area contributed by atoms with Crippen molar-refractivity contribution in [3.8, 4) is 0 Å².